The van der Waals surface area contributed by atoms with Gasteiger partial charge in [-0.25, -0.2) is 4.79 Å². The van der Waals surface area contributed by atoms with Crippen molar-refractivity contribution in [2.24, 2.45) is 0 Å². The lowest BCUT2D eigenvalue weighted by atomic mass is 10.1. The molecule has 2 unspecified atom stereocenters. The molecular formula is C13H14N2O4. The van der Waals surface area contributed by atoms with Crippen molar-refractivity contribution in [2.45, 2.75) is 18.6 Å². The molecule has 1 aliphatic rings. The summed E-state index contributed by atoms with van der Waals surface area (Å²) >= 11 is 0. The van der Waals surface area contributed by atoms with Gasteiger partial charge in [-0.05, 0) is 12.1 Å². The molecule has 1 heterocycles. The standard InChI is InChI=1S/C13H14N2O4/c1-19-10-3-2-8(6-14)11(5-10)15-7-9(16)4-12(15)13(17)18/h2-3,5,9,12,16H,4,7H2,1H3,(H,17,18). The number of anilines is 1. The Hall–Kier alpha value is -2.26. The van der Waals surface area contributed by atoms with E-state index in [9.17, 15) is 15.0 Å². The summed E-state index contributed by atoms with van der Waals surface area (Å²) in [5.41, 5.74) is 0.840. The summed E-state index contributed by atoms with van der Waals surface area (Å²) in [7, 11) is 1.50. The van der Waals surface area contributed by atoms with Crippen LogP contribution in [-0.2, 0) is 4.79 Å². The van der Waals surface area contributed by atoms with E-state index in [-0.39, 0.29) is 13.0 Å². The summed E-state index contributed by atoms with van der Waals surface area (Å²) < 4.78 is 5.09. The number of hydrogen-bond acceptors (Lipinski definition) is 5. The zero-order valence-electron chi connectivity index (χ0n) is 10.4. The van der Waals surface area contributed by atoms with E-state index in [1.165, 1.54) is 12.0 Å². The van der Waals surface area contributed by atoms with E-state index in [0.29, 0.717) is 17.0 Å². The number of β-amino-alcohol motifs (C(OH)–C–C–N with tert-alkyl or cyclic N) is 1. The van der Waals surface area contributed by atoms with E-state index in [1.807, 2.05) is 6.07 Å². The molecule has 100 valence electrons. The van der Waals surface area contributed by atoms with Gasteiger partial charge in [-0.2, -0.15) is 5.26 Å². The predicted molar refractivity (Wildman–Crippen MR) is 67.1 cm³/mol. The van der Waals surface area contributed by atoms with Crippen LogP contribution in [0.15, 0.2) is 18.2 Å². The van der Waals surface area contributed by atoms with Gasteiger partial charge in [0.1, 0.15) is 17.9 Å². The van der Waals surface area contributed by atoms with Crippen molar-refractivity contribution in [1.82, 2.24) is 0 Å². The van der Waals surface area contributed by atoms with E-state index in [4.69, 9.17) is 10.00 Å². The van der Waals surface area contributed by atoms with Crippen molar-refractivity contribution < 1.29 is 19.7 Å². The molecule has 0 spiro atoms. The zero-order valence-corrected chi connectivity index (χ0v) is 10.4. The number of benzene rings is 1. The summed E-state index contributed by atoms with van der Waals surface area (Å²) in [6.07, 6.45) is -0.559. The first-order valence-electron chi connectivity index (χ1n) is 5.82. The topological polar surface area (TPSA) is 93.8 Å². The number of hydrogen-bond donors (Lipinski definition) is 2. The second-order valence-electron chi connectivity index (χ2n) is 4.39. The van der Waals surface area contributed by atoms with Gasteiger partial charge < -0.3 is 19.8 Å². The zero-order chi connectivity index (χ0) is 14.0. The number of rotatable bonds is 3. The highest BCUT2D eigenvalue weighted by Crippen LogP contribution is 2.31. The lowest BCUT2D eigenvalue weighted by Gasteiger charge is -2.24. The molecule has 0 aromatic heterocycles. The van der Waals surface area contributed by atoms with Crippen molar-refractivity contribution >= 4 is 11.7 Å². The molecule has 2 atom stereocenters. The Morgan fingerprint density at radius 3 is 2.89 bits per heavy atom. The quantitative estimate of drug-likeness (QED) is 0.828. The smallest absolute Gasteiger partial charge is 0.326 e. The number of carboxylic acid groups (broad SMARTS) is 1. The second kappa shape index (κ2) is 5.16. The van der Waals surface area contributed by atoms with Gasteiger partial charge in [-0.3, -0.25) is 0 Å². The van der Waals surface area contributed by atoms with Gasteiger partial charge in [0.05, 0.1) is 24.5 Å². The minimum atomic E-state index is -1.01. The first-order chi connectivity index (χ1) is 9.06. The van der Waals surface area contributed by atoms with E-state index >= 15 is 0 Å². The van der Waals surface area contributed by atoms with E-state index in [2.05, 4.69) is 0 Å². The maximum atomic E-state index is 11.2. The van der Waals surface area contributed by atoms with Crippen LogP contribution in [-0.4, -0.2) is 42.0 Å². The third kappa shape index (κ3) is 2.46. The lowest BCUT2D eigenvalue weighted by molar-refractivity contribution is -0.138. The molecule has 19 heavy (non-hydrogen) atoms. The van der Waals surface area contributed by atoms with Crippen LogP contribution in [0.5, 0.6) is 5.75 Å². The maximum Gasteiger partial charge on any atom is 0.326 e. The molecule has 6 heteroatoms. The van der Waals surface area contributed by atoms with Crippen LogP contribution in [0.4, 0.5) is 5.69 Å². The molecule has 0 bridgehead atoms. The molecule has 0 radical (unpaired) electrons. The highest BCUT2D eigenvalue weighted by molar-refractivity contribution is 5.80. The number of carboxylic acids is 1. The number of ether oxygens (including phenoxy) is 1. The van der Waals surface area contributed by atoms with Crippen molar-refractivity contribution in [2.75, 3.05) is 18.6 Å². The molecule has 1 aromatic rings. The molecule has 6 nitrogen and oxygen atoms in total. The molecule has 1 fully saturated rings. The largest absolute Gasteiger partial charge is 0.497 e. The Labute approximate surface area is 110 Å². The second-order valence-corrected chi connectivity index (χ2v) is 4.39. The molecule has 1 aliphatic heterocycles. The number of aliphatic hydroxyl groups is 1. The number of methoxy groups -OCH3 is 1. The van der Waals surface area contributed by atoms with Crippen LogP contribution < -0.4 is 9.64 Å². The third-order valence-electron chi connectivity index (χ3n) is 3.20. The van der Waals surface area contributed by atoms with Crippen molar-refractivity contribution in [3.8, 4) is 11.8 Å². The summed E-state index contributed by atoms with van der Waals surface area (Å²) in [4.78, 5) is 12.8. The third-order valence-corrected chi connectivity index (χ3v) is 3.20. The van der Waals surface area contributed by atoms with Gasteiger partial charge in [0.15, 0.2) is 0 Å². The van der Waals surface area contributed by atoms with Crippen LogP contribution in [0.2, 0.25) is 0 Å². The van der Waals surface area contributed by atoms with E-state index in [0.717, 1.165) is 0 Å². The normalized spacial score (nSPS) is 22.1. The predicted octanol–water partition coefficient (Wildman–Crippen LogP) is 0.591. The molecule has 2 rings (SSSR count). The van der Waals surface area contributed by atoms with Gasteiger partial charge in [0.2, 0.25) is 0 Å². The Balaban J connectivity index is 2.44. The van der Waals surface area contributed by atoms with Crippen LogP contribution in [0.25, 0.3) is 0 Å². The first kappa shape index (κ1) is 13.2. The fraction of sp³-hybridized carbons (Fsp3) is 0.385. The summed E-state index contributed by atoms with van der Waals surface area (Å²) in [5.74, 6) is -0.470. The van der Waals surface area contributed by atoms with Crippen LogP contribution in [0, 0.1) is 11.3 Å². The number of aliphatic carboxylic acids is 1. The Morgan fingerprint density at radius 1 is 1.58 bits per heavy atom. The highest BCUT2D eigenvalue weighted by Gasteiger charge is 2.37. The SMILES string of the molecule is COc1ccc(C#N)c(N2CC(O)CC2C(=O)O)c1. The van der Waals surface area contributed by atoms with Gasteiger partial charge >= 0.3 is 5.97 Å². The number of nitriles is 1. The Kier molecular flexibility index (Phi) is 3.58. The molecule has 0 amide bonds. The minimum absolute atomic E-state index is 0.150. The Bertz CT molecular complexity index is 538. The fourth-order valence-corrected chi connectivity index (χ4v) is 2.28. The van der Waals surface area contributed by atoms with E-state index in [1.54, 1.807) is 18.2 Å². The Morgan fingerprint density at radius 2 is 2.32 bits per heavy atom. The average molecular weight is 262 g/mol. The van der Waals surface area contributed by atoms with Crippen molar-refractivity contribution in [3.63, 3.8) is 0 Å². The van der Waals surface area contributed by atoms with E-state index < -0.39 is 18.1 Å². The van der Waals surface area contributed by atoms with Crippen LogP contribution in [0.1, 0.15) is 12.0 Å². The van der Waals surface area contributed by atoms with Crippen LogP contribution >= 0.6 is 0 Å². The molecule has 1 aromatic carbocycles. The van der Waals surface area contributed by atoms with Gasteiger partial charge in [0.25, 0.3) is 0 Å². The minimum Gasteiger partial charge on any atom is -0.497 e. The average Bonchev–Trinajstić information content (AvgIpc) is 2.80. The molecule has 2 N–H and O–H groups in total. The van der Waals surface area contributed by atoms with Crippen LogP contribution in [0.3, 0.4) is 0 Å². The van der Waals surface area contributed by atoms with Gasteiger partial charge in [-0.1, -0.05) is 0 Å². The molecular weight excluding hydrogens is 248 g/mol. The number of aliphatic hydroxyl groups excluding tert-OH is 1. The number of nitrogens with zero attached hydrogens (tertiary/aromatic N) is 2. The highest BCUT2D eigenvalue weighted by atomic mass is 16.5. The summed E-state index contributed by atoms with van der Waals surface area (Å²) in [6, 6.07) is 6.04. The lowest BCUT2D eigenvalue weighted by Crippen LogP contribution is -2.36. The van der Waals surface area contributed by atoms with Crippen molar-refractivity contribution in [1.29, 1.82) is 5.26 Å². The van der Waals surface area contributed by atoms with Gasteiger partial charge in [0, 0.05) is 19.0 Å². The summed E-state index contributed by atoms with van der Waals surface area (Å²) in [6.45, 7) is 0.193. The number of carbonyl (C=O) groups is 1. The summed E-state index contributed by atoms with van der Waals surface area (Å²) in [5, 5.41) is 27.9. The monoisotopic (exact) mass is 262 g/mol. The van der Waals surface area contributed by atoms with Crippen molar-refractivity contribution in [3.05, 3.63) is 23.8 Å². The first-order valence-corrected chi connectivity index (χ1v) is 5.82. The fourth-order valence-electron chi connectivity index (χ4n) is 2.28. The molecule has 0 aliphatic carbocycles. The molecule has 1 saturated heterocycles. The maximum absolute atomic E-state index is 11.2. The molecule has 0 saturated carbocycles. The van der Waals surface area contributed by atoms with Gasteiger partial charge in [-0.15, -0.1) is 0 Å².